The number of nitro benzene ring substituents is 1. The van der Waals surface area contributed by atoms with Crippen LogP contribution in [-0.2, 0) is 11.2 Å². The van der Waals surface area contributed by atoms with Gasteiger partial charge in [0.2, 0.25) is 5.91 Å². The fourth-order valence-electron chi connectivity index (χ4n) is 3.57. The van der Waals surface area contributed by atoms with Crippen LogP contribution in [0, 0.1) is 17.0 Å². The fourth-order valence-corrected chi connectivity index (χ4v) is 3.57. The molecule has 0 aliphatic carbocycles. The Morgan fingerprint density at radius 1 is 1.10 bits per heavy atom. The Kier molecular flexibility index (Phi) is 6.79. The highest BCUT2D eigenvalue weighted by atomic mass is 16.6. The summed E-state index contributed by atoms with van der Waals surface area (Å²) in [6.45, 7) is 6.04. The third-order valence-electron chi connectivity index (χ3n) is 5.35. The third kappa shape index (κ3) is 5.01. The van der Waals surface area contributed by atoms with E-state index in [0.29, 0.717) is 37.3 Å². The van der Waals surface area contributed by atoms with Crippen molar-refractivity contribution in [3.05, 3.63) is 69.3 Å². The Hall–Kier alpha value is -3.26. The number of hydrogen-bond donors (Lipinski definition) is 1. The van der Waals surface area contributed by atoms with Gasteiger partial charge >= 0.3 is 0 Å². The first-order chi connectivity index (χ1) is 14.4. The Morgan fingerprint density at radius 3 is 2.47 bits per heavy atom. The number of rotatable bonds is 6. The Balaban J connectivity index is 1.54. The maximum Gasteiger partial charge on any atom is 0.273 e. The summed E-state index contributed by atoms with van der Waals surface area (Å²) in [5.74, 6) is -0.302. The van der Waals surface area contributed by atoms with E-state index >= 15 is 0 Å². The molecule has 0 aromatic heterocycles. The average Bonchev–Trinajstić information content (AvgIpc) is 2.74. The minimum atomic E-state index is -0.473. The molecule has 0 unspecified atom stereocenters. The van der Waals surface area contributed by atoms with Crippen molar-refractivity contribution in [2.24, 2.45) is 0 Å². The van der Waals surface area contributed by atoms with E-state index in [-0.39, 0.29) is 24.0 Å². The number of nitrogens with zero attached hydrogens (tertiary/aromatic N) is 3. The minimum absolute atomic E-state index is 0.0523. The monoisotopic (exact) mass is 410 g/mol. The largest absolute Gasteiger partial charge is 0.336 e. The molecule has 158 valence electrons. The summed E-state index contributed by atoms with van der Waals surface area (Å²) >= 11 is 0. The maximum atomic E-state index is 12.7. The predicted octanol–water partition coefficient (Wildman–Crippen LogP) is 2.86. The summed E-state index contributed by atoms with van der Waals surface area (Å²) in [6, 6.07) is 12.3. The van der Waals surface area contributed by atoms with Gasteiger partial charge in [-0.25, -0.2) is 0 Å². The van der Waals surface area contributed by atoms with Gasteiger partial charge in [0, 0.05) is 49.1 Å². The number of nitrogens with one attached hydrogen (secondary N) is 1. The lowest BCUT2D eigenvalue weighted by Crippen LogP contribution is -2.50. The molecule has 0 bridgehead atoms. The smallest absolute Gasteiger partial charge is 0.273 e. The first kappa shape index (κ1) is 21.4. The molecule has 0 radical (unpaired) electrons. The lowest BCUT2D eigenvalue weighted by atomic mass is 10.1. The van der Waals surface area contributed by atoms with E-state index < -0.39 is 4.92 Å². The molecule has 1 aliphatic rings. The molecule has 3 rings (SSSR count). The van der Waals surface area contributed by atoms with Crippen LogP contribution in [0.5, 0.6) is 0 Å². The predicted molar refractivity (Wildman–Crippen MR) is 115 cm³/mol. The van der Waals surface area contributed by atoms with Crippen LogP contribution in [0.25, 0.3) is 0 Å². The Labute approximate surface area is 175 Å². The molecule has 2 aromatic rings. The molecule has 1 heterocycles. The quantitative estimate of drug-likeness (QED) is 0.584. The standard InChI is InChI=1S/C22H26N4O4/c1-3-17-6-4-5-7-19(17)23-21(27)15-24-10-12-25(13-11-24)22(28)18-9-8-16(2)20(14-18)26(29)30/h4-9,14H,3,10-13,15H2,1-2H3,(H,23,27). The van der Waals surface area contributed by atoms with E-state index in [1.54, 1.807) is 24.0 Å². The zero-order valence-corrected chi connectivity index (χ0v) is 17.3. The number of hydrogen-bond acceptors (Lipinski definition) is 5. The fraction of sp³-hybridized carbons (Fsp3) is 0.364. The number of benzene rings is 2. The SMILES string of the molecule is CCc1ccccc1NC(=O)CN1CCN(C(=O)c2ccc(C)c([N+](=O)[O-])c2)CC1. The van der Waals surface area contributed by atoms with E-state index in [2.05, 4.69) is 5.32 Å². The van der Waals surface area contributed by atoms with Crippen LogP contribution in [0.3, 0.4) is 0 Å². The van der Waals surface area contributed by atoms with E-state index in [0.717, 1.165) is 17.7 Å². The van der Waals surface area contributed by atoms with E-state index in [1.165, 1.54) is 6.07 Å². The Morgan fingerprint density at radius 2 is 1.80 bits per heavy atom. The maximum absolute atomic E-state index is 12.7. The van der Waals surface area contributed by atoms with Crippen LogP contribution in [0.1, 0.15) is 28.4 Å². The van der Waals surface area contributed by atoms with E-state index in [4.69, 9.17) is 0 Å². The molecule has 1 fully saturated rings. The summed E-state index contributed by atoms with van der Waals surface area (Å²) in [5, 5.41) is 14.1. The number of carbonyl (C=O) groups is 2. The second-order valence-corrected chi connectivity index (χ2v) is 7.39. The van der Waals surface area contributed by atoms with Gasteiger partial charge in [-0.15, -0.1) is 0 Å². The van der Waals surface area contributed by atoms with E-state index in [1.807, 2.05) is 36.1 Å². The summed E-state index contributed by atoms with van der Waals surface area (Å²) in [5.41, 5.74) is 2.71. The number of carbonyl (C=O) groups excluding carboxylic acids is 2. The zero-order chi connectivity index (χ0) is 21.7. The molecule has 2 aromatic carbocycles. The average molecular weight is 410 g/mol. The highest BCUT2D eigenvalue weighted by Crippen LogP contribution is 2.21. The minimum Gasteiger partial charge on any atom is -0.336 e. The molecule has 0 atom stereocenters. The van der Waals surface area contributed by atoms with Gasteiger partial charge in [0.1, 0.15) is 0 Å². The first-order valence-corrected chi connectivity index (χ1v) is 10.0. The van der Waals surface area contributed by atoms with Crippen molar-refractivity contribution in [2.45, 2.75) is 20.3 Å². The van der Waals surface area contributed by atoms with Crippen LogP contribution < -0.4 is 5.32 Å². The van der Waals surface area contributed by atoms with Gasteiger partial charge in [0.15, 0.2) is 0 Å². The van der Waals surface area contributed by atoms with Crippen molar-refractivity contribution in [1.82, 2.24) is 9.80 Å². The summed E-state index contributed by atoms with van der Waals surface area (Å²) in [4.78, 5) is 39.5. The van der Waals surface area contributed by atoms with Crippen molar-refractivity contribution >= 4 is 23.2 Å². The van der Waals surface area contributed by atoms with Crippen molar-refractivity contribution in [1.29, 1.82) is 0 Å². The molecule has 1 saturated heterocycles. The molecule has 0 spiro atoms. The second-order valence-electron chi connectivity index (χ2n) is 7.39. The van der Waals surface area contributed by atoms with Gasteiger partial charge in [-0.3, -0.25) is 24.6 Å². The van der Waals surface area contributed by atoms with Gasteiger partial charge < -0.3 is 10.2 Å². The first-order valence-electron chi connectivity index (χ1n) is 10.0. The number of aryl methyl sites for hydroxylation is 2. The number of para-hydroxylation sites is 1. The molecule has 8 nitrogen and oxygen atoms in total. The molecule has 30 heavy (non-hydrogen) atoms. The number of nitro groups is 1. The van der Waals surface area contributed by atoms with Crippen molar-refractivity contribution < 1.29 is 14.5 Å². The molecule has 8 heteroatoms. The molecular weight excluding hydrogens is 384 g/mol. The van der Waals surface area contributed by atoms with Gasteiger partial charge in [-0.05, 0) is 31.0 Å². The summed E-state index contributed by atoms with van der Waals surface area (Å²) in [6.07, 6.45) is 0.842. The highest BCUT2D eigenvalue weighted by molar-refractivity contribution is 5.95. The molecular formula is C22H26N4O4. The van der Waals surface area contributed by atoms with Gasteiger partial charge in [-0.1, -0.05) is 31.2 Å². The second kappa shape index (κ2) is 9.49. The number of amides is 2. The summed E-state index contributed by atoms with van der Waals surface area (Å²) < 4.78 is 0. The van der Waals surface area contributed by atoms with Crippen molar-refractivity contribution in [3.8, 4) is 0 Å². The van der Waals surface area contributed by atoms with Crippen LogP contribution in [0.15, 0.2) is 42.5 Å². The lowest BCUT2D eigenvalue weighted by molar-refractivity contribution is -0.385. The van der Waals surface area contributed by atoms with E-state index in [9.17, 15) is 19.7 Å². The lowest BCUT2D eigenvalue weighted by Gasteiger charge is -2.34. The number of piperazine rings is 1. The molecule has 1 N–H and O–H groups in total. The number of anilines is 1. The normalized spacial score (nSPS) is 14.4. The molecule has 1 aliphatic heterocycles. The van der Waals surface area contributed by atoms with Crippen molar-refractivity contribution in [3.63, 3.8) is 0 Å². The van der Waals surface area contributed by atoms with Crippen LogP contribution in [0.2, 0.25) is 0 Å². The van der Waals surface area contributed by atoms with Crippen LogP contribution in [0.4, 0.5) is 11.4 Å². The zero-order valence-electron chi connectivity index (χ0n) is 17.3. The van der Waals surface area contributed by atoms with Gasteiger partial charge in [0.05, 0.1) is 11.5 Å². The van der Waals surface area contributed by atoms with Gasteiger partial charge in [-0.2, -0.15) is 0 Å². The molecule has 0 saturated carbocycles. The third-order valence-corrected chi connectivity index (χ3v) is 5.35. The molecule has 2 amide bonds. The van der Waals surface area contributed by atoms with Crippen molar-refractivity contribution in [2.75, 3.05) is 38.0 Å². The van der Waals surface area contributed by atoms with Gasteiger partial charge in [0.25, 0.3) is 11.6 Å². The highest BCUT2D eigenvalue weighted by Gasteiger charge is 2.25. The Bertz CT molecular complexity index is 952. The van der Waals surface area contributed by atoms with Crippen LogP contribution >= 0.6 is 0 Å². The topological polar surface area (TPSA) is 95.8 Å². The van der Waals surface area contributed by atoms with Crippen LogP contribution in [-0.4, -0.2) is 59.3 Å². The summed E-state index contributed by atoms with van der Waals surface area (Å²) in [7, 11) is 0.